The molecule has 0 unspecified atom stereocenters. The van der Waals surface area contributed by atoms with Crippen LogP contribution in [0.3, 0.4) is 0 Å². The molecule has 0 fully saturated rings. The fourth-order valence-electron chi connectivity index (χ4n) is 4.21. The summed E-state index contributed by atoms with van der Waals surface area (Å²) in [5.41, 5.74) is 3.73. The zero-order valence-electron chi connectivity index (χ0n) is 14.9. The lowest BCUT2D eigenvalue weighted by Gasteiger charge is -2.20. The molecule has 5 heteroatoms. The molecule has 2 N–H and O–H groups in total. The molecule has 4 aromatic carbocycles. The Bertz CT molecular complexity index is 1210. The third kappa shape index (κ3) is 2.79. The van der Waals surface area contributed by atoms with Crippen molar-refractivity contribution in [2.45, 2.75) is 19.4 Å². The van der Waals surface area contributed by atoms with Gasteiger partial charge in [0.15, 0.2) is 0 Å². The monoisotopic (exact) mass is 378 g/mol. The first-order valence-corrected chi connectivity index (χ1v) is 9.12. The summed E-state index contributed by atoms with van der Waals surface area (Å²) in [7, 11) is 0. The quantitative estimate of drug-likeness (QED) is 0.386. The lowest BCUT2D eigenvalue weighted by atomic mass is 9.87. The normalized spacial score (nSPS) is 13.8. The molecule has 0 atom stereocenters. The van der Waals surface area contributed by atoms with Crippen LogP contribution in [0.5, 0.6) is 0 Å². The Morgan fingerprint density at radius 3 is 2.18 bits per heavy atom. The van der Waals surface area contributed by atoms with Crippen LogP contribution in [0.2, 0.25) is 0 Å². The van der Waals surface area contributed by atoms with E-state index >= 15 is 0 Å². The molecule has 2 nitrogen and oxygen atoms in total. The van der Waals surface area contributed by atoms with Crippen LogP contribution in [0, 0.1) is 0 Å². The van der Waals surface area contributed by atoms with Gasteiger partial charge in [0.25, 0.3) is 0 Å². The van der Waals surface area contributed by atoms with Crippen molar-refractivity contribution in [3.8, 4) is 11.1 Å². The van der Waals surface area contributed by atoms with E-state index in [9.17, 15) is 13.2 Å². The van der Waals surface area contributed by atoms with Crippen LogP contribution in [0.4, 0.5) is 18.9 Å². The van der Waals surface area contributed by atoms with Gasteiger partial charge in [0.05, 0.1) is 0 Å². The van der Waals surface area contributed by atoms with Gasteiger partial charge in [0.1, 0.15) is 0 Å². The standard InChI is InChI=1S/C23H17F3N2/c24-23(25,26)28-20-11-15-6-2-4-8-18(15)22-19(20)13-27-12-16-10-9-14-5-1-3-7-17(14)21(16)22/h1-11,27-28H,12-13H2. The molecular weight excluding hydrogens is 361 g/mol. The van der Waals surface area contributed by atoms with Crippen LogP contribution in [-0.2, 0) is 13.1 Å². The summed E-state index contributed by atoms with van der Waals surface area (Å²) in [4.78, 5) is 0. The van der Waals surface area contributed by atoms with Gasteiger partial charge < -0.3 is 5.32 Å². The van der Waals surface area contributed by atoms with Crippen molar-refractivity contribution in [3.05, 3.63) is 77.9 Å². The van der Waals surface area contributed by atoms with Crippen molar-refractivity contribution in [1.29, 1.82) is 0 Å². The van der Waals surface area contributed by atoms with Gasteiger partial charge in [-0.1, -0.05) is 60.7 Å². The molecule has 0 aliphatic carbocycles. The van der Waals surface area contributed by atoms with E-state index in [2.05, 4.69) is 17.4 Å². The van der Waals surface area contributed by atoms with Crippen LogP contribution in [0.1, 0.15) is 11.1 Å². The Morgan fingerprint density at radius 1 is 0.750 bits per heavy atom. The molecule has 0 bridgehead atoms. The van der Waals surface area contributed by atoms with Crippen molar-refractivity contribution in [1.82, 2.24) is 5.32 Å². The summed E-state index contributed by atoms with van der Waals surface area (Å²) in [6.45, 7) is 0.968. The maximum atomic E-state index is 13.2. The number of nitrogens with one attached hydrogen (secondary N) is 2. The lowest BCUT2D eigenvalue weighted by Crippen LogP contribution is -2.22. The second-order valence-electron chi connectivity index (χ2n) is 7.05. The van der Waals surface area contributed by atoms with E-state index in [0.717, 1.165) is 38.2 Å². The average molecular weight is 378 g/mol. The molecule has 0 radical (unpaired) electrons. The average Bonchev–Trinajstić information content (AvgIpc) is 2.87. The zero-order chi connectivity index (χ0) is 19.3. The van der Waals surface area contributed by atoms with E-state index in [1.54, 1.807) is 11.4 Å². The third-order valence-electron chi connectivity index (χ3n) is 5.32. The van der Waals surface area contributed by atoms with Gasteiger partial charge in [-0.2, -0.15) is 13.2 Å². The van der Waals surface area contributed by atoms with Crippen LogP contribution in [-0.4, -0.2) is 6.30 Å². The molecule has 1 heterocycles. The van der Waals surface area contributed by atoms with Gasteiger partial charge >= 0.3 is 6.30 Å². The van der Waals surface area contributed by atoms with Crippen molar-refractivity contribution >= 4 is 27.2 Å². The second kappa shape index (κ2) is 6.24. The number of halogens is 3. The number of alkyl halides is 3. The number of hydrogen-bond acceptors (Lipinski definition) is 2. The third-order valence-corrected chi connectivity index (χ3v) is 5.32. The molecule has 140 valence electrons. The SMILES string of the molecule is FC(F)(F)Nc1cc2ccccc2c2c1CNCc1ccc3ccccc3c1-2. The first-order chi connectivity index (χ1) is 13.5. The van der Waals surface area contributed by atoms with Gasteiger partial charge in [-0.25, -0.2) is 0 Å². The fraction of sp³-hybridized carbons (Fsp3) is 0.130. The summed E-state index contributed by atoms with van der Waals surface area (Å²) in [5, 5.41) is 8.96. The van der Waals surface area contributed by atoms with Gasteiger partial charge in [-0.05, 0) is 49.9 Å². The molecule has 0 saturated heterocycles. The summed E-state index contributed by atoms with van der Waals surface area (Å²) in [6.07, 6.45) is -4.50. The molecular formula is C23H17F3N2. The number of benzene rings is 4. The zero-order valence-corrected chi connectivity index (χ0v) is 14.9. The smallest absolute Gasteiger partial charge is 0.308 e. The van der Waals surface area contributed by atoms with Crippen molar-refractivity contribution in [2.75, 3.05) is 5.32 Å². The maximum absolute atomic E-state index is 13.2. The fourth-order valence-corrected chi connectivity index (χ4v) is 4.21. The minimum atomic E-state index is -4.50. The number of fused-ring (bicyclic) bond motifs is 7. The highest BCUT2D eigenvalue weighted by Gasteiger charge is 2.30. The highest BCUT2D eigenvalue weighted by molar-refractivity contribution is 6.09. The van der Waals surface area contributed by atoms with E-state index in [1.807, 2.05) is 48.5 Å². The lowest BCUT2D eigenvalue weighted by molar-refractivity contribution is -0.0999. The highest BCUT2D eigenvalue weighted by Crippen LogP contribution is 2.44. The predicted molar refractivity (Wildman–Crippen MR) is 107 cm³/mol. The van der Waals surface area contributed by atoms with Crippen molar-refractivity contribution < 1.29 is 13.2 Å². The Hall–Kier alpha value is -3.05. The number of rotatable bonds is 1. The Kier molecular flexibility index (Phi) is 3.81. The minimum absolute atomic E-state index is 0.106. The summed E-state index contributed by atoms with van der Waals surface area (Å²) < 4.78 is 39.7. The first kappa shape index (κ1) is 17.1. The van der Waals surface area contributed by atoms with Crippen molar-refractivity contribution in [2.24, 2.45) is 0 Å². The molecule has 0 spiro atoms. The van der Waals surface area contributed by atoms with Crippen LogP contribution in [0.15, 0.2) is 66.7 Å². The molecule has 1 aliphatic heterocycles. The van der Waals surface area contributed by atoms with Gasteiger partial charge in [-0.3, -0.25) is 5.32 Å². The first-order valence-electron chi connectivity index (χ1n) is 9.12. The molecule has 0 saturated carbocycles. The largest absolute Gasteiger partial charge is 0.482 e. The molecule has 28 heavy (non-hydrogen) atoms. The molecule has 1 aliphatic rings. The summed E-state index contributed by atoms with van der Waals surface area (Å²) in [6, 6.07) is 21.4. The highest BCUT2D eigenvalue weighted by atomic mass is 19.4. The van der Waals surface area contributed by atoms with Crippen molar-refractivity contribution in [3.63, 3.8) is 0 Å². The Morgan fingerprint density at radius 2 is 1.43 bits per heavy atom. The molecule has 4 aromatic rings. The van der Waals surface area contributed by atoms with Crippen LogP contribution < -0.4 is 10.6 Å². The van der Waals surface area contributed by atoms with E-state index in [0.29, 0.717) is 18.7 Å². The minimum Gasteiger partial charge on any atom is -0.308 e. The van der Waals surface area contributed by atoms with Crippen LogP contribution >= 0.6 is 0 Å². The number of hydrogen-bond donors (Lipinski definition) is 2. The van der Waals surface area contributed by atoms with Gasteiger partial charge in [0.2, 0.25) is 0 Å². The van der Waals surface area contributed by atoms with E-state index in [-0.39, 0.29) is 5.69 Å². The molecule has 5 rings (SSSR count). The Balaban J connectivity index is 1.94. The molecule has 0 amide bonds. The summed E-state index contributed by atoms with van der Waals surface area (Å²) in [5.74, 6) is 0. The number of anilines is 1. The second-order valence-corrected chi connectivity index (χ2v) is 7.05. The van der Waals surface area contributed by atoms with Gasteiger partial charge in [-0.15, -0.1) is 0 Å². The maximum Gasteiger partial charge on any atom is 0.482 e. The Labute approximate surface area is 160 Å². The topological polar surface area (TPSA) is 24.1 Å². The van der Waals surface area contributed by atoms with E-state index < -0.39 is 6.30 Å². The van der Waals surface area contributed by atoms with Gasteiger partial charge in [0, 0.05) is 18.8 Å². The van der Waals surface area contributed by atoms with Crippen LogP contribution in [0.25, 0.3) is 32.7 Å². The molecule has 0 aromatic heterocycles. The summed E-state index contributed by atoms with van der Waals surface area (Å²) >= 11 is 0. The predicted octanol–water partition coefficient (Wildman–Crippen LogP) is 6.19. The van der Waals surface area contributed by atoms with E-state index in [4.69, 9.17) is 0 Å². The van der Waals surface area contributed by atoms with E-state index in [1.165, 1.54) is 0 Å².